The average molecular weight is 292 g/mol. The molecule has 1 unspecified atom stereocenters. The molecular weight excluding hydrogens is 268 g/mol. The van der Waals surface area contributed by atoms with Gasteiger partial charge in [0.25, 0.3) is 0 Å². The van der Waals surface area contributed by atoms with E-state index in [1.165, 1.54) is 0 Å². The van der Waals surface area contributed by atoms with E-state index >= 15 is 0 Å². The number of aromatic nitrogens is 2. The van der Waals surface area contributed by atoms with Gasteiger partial charge in [0.2, 0.25) is 11.8 Å². The first-order valence-electron chi connectivity index (χ1n) is 7.75. The van der Waals surface area contributed by atoms with Crippen LogP contribution in [0.4, 0.5) is 5.69 Å². The second-order valence-electron chi connectivity index (χ2n) is 5.44. The Bertz CT molecular complexity index is 498. The molecule has 0 spiro atoms. The summed E-state index contributed by atoms with van der Waals surface area (Å²) in [5.74, 6) is 0.196. The number of hydrogen-bond acceptors (Lipinski definition) is 3. The number of likely N-dealkylation sites (tertiary alicyclic amines) is 1. The van der Waals surface area contributed by atoms with E-state index in [1.807, 2.05) is 29.6 Å². The van der Waals surface area contributed by atoms with Crippen LogP contribution in [0.3, 0.4) is 0 Å². The van der Waals surface area contributed by atoms with Gasteiger partial charge in [-0.3, -0.25) is 14.3 Å². The number of carbonyl (C=O) groups is 2. The molecule has 1 atom stereocenters. The molecule has 6 heteroatoms. The lowest BCUT2D eigenvalue weighted by atomic mass is 10.0. The second kappa shape index (κ2) is 7.24. The summed E-state index contributed by atoms with van der Waals surface area (Å²) < 4.78 is 1.82. The predicted octanol–water partition coefficient (Wildman–Crippen LogP) is 2.02. The molecule has 0 aliphatic carbocycles. The van der Waals surface area contributed by atoms with E-state index in [4.69, 9.17) is 0 Å². The van der Waals surface area contributed by atoms with Crippen LogP contribution in [0.5, 0.6) is 0 Å². The standard InChI is InChI=1S/C15H24N4O2/c1-3-14(20)17-12-9-16-18(10-12)11-13-7-5-6-8-19(13)15(21)4-2/h9-10,13H,3-8,11H2,1-2H3,(H,17,20). The number of amides is 2. The van der Waals surface area contributed by atoms with Crippen LogP contribution in [-0.4, -0.2) is 39.1 Å². The zero-order valence-electron chi connectivity index (χ0n) is 12.8. The summed E-state index contributed by atoms with van der Waals surface area (Å²) in [6, 6.07) is 0.209. The zero-order chi connectivity index (χ0) is 15.2. The van der Waals surface area contributed by atoms with E-state index < -0.39 is 0 Å². The van der Waals surface area contributed by atoms with Gasteiger partial charge in [0.1, 0.15) is 0 Å². The number of carbonyl (C=O) groups excluding carboxylic acids is 2. The van der Waals surface area contributed by atoms with Gasteiger partial charge in [-0.1, -0.05) is 13.8 Å². The SMILES string of the molecule is CCC(=O)Nc1cnn(CC2CCCCN2C(=O)CC)c1. The van der Waals surface area contributed by atoms with Crippen LogP contribution in [-0.2, 0) is 16.1 Å². The molecule has 2 rings (SSSR count). The Labute approximate surface area is 125 Å². The Morgan fingerprint density at radius 3 is 2.86 bits per heavy atom. The summed E-state index contributed by atoms with van der Waals surface area (Å²) in [6.45, 7) is 5.25. The number of nitrogens with zero attached hydrogens (tertiary/aromatic N) is 3. The van der Waals surface area contributed by atoms with E-state index in [0.717, 1.165) is 25.8 Å². The molecule has 1 N–H and O–H groups in total. The lowest BCUT2D eigenvalue weighted by Gasteiger charge is -2.35. The van der Waals surface area contributed by atoms with Crippen LogP contribution >= 0.6 is 0 Å². The van der Waals surface area contributed by atoms with E-state index in [-0.39, 0.29) is 17.9 Å². The smallest absolute Gasteiger partial charge is 0.224 e. The second-order valence-corrected chi connectivity index (χ2v) is 5.44. The minimum atomic E-state index is -0.0185. The number of nitrogens with one attached hydrogen (secondary N) is 1. The van der Waals surface area contributed by atoms with E-state index in [1.54, 1.807) is 6.20 Å². The first kappa shape index (κ1) is 15.5. The molecule has 0 aromatic carbocycles. The molecule has 1 aliphatic rings. The highest BCUT2D eigenvalue weighted by molar-refractivity contribution is 5.90. The van der Waals surface area contributed by atoms with Crippen molar-refractivity contribution in [3.05, 3.63) is 12.4 Å². The molecule has 1 aromatic rings. The normalized spacial score (nSPS) is 18.6. The molecule has 1 aromatic heterocycles. The zero-order valence-corrected chi connectivity index (χ0v) is 12.8. The van der Waals surface area contributed by atoms with Crippen LogP contribution in [0.1, 0.15) is 46.0 Å². The van der Waals surface area contributed by atoms with Gasteiger partial charge in [-0.15, -0.1) is 0 Å². The van der Waals surface area contributed by atoms with Crippen molar-refractivity contribution in [1.29, 1.82) is 0 Å². The first-order valence-corrected chi connectivity index (χ1v) is 7.75. The molecule has 6 nitrogen and oxygen atoms in total. The van der Waals surface area contributed by atoms with Crippen molar-refractivity contribution in [2.45, 2.75) is 58.5 Å². The van der Waals surface area contributed by atoms with Crippen molar-refractivity contribution in [3.8, 4) is 0 Å². The monoisotopic (exact) mass is 292 g/mol. The van der Waals surface area contributed by atoms with E-state index in [2.05, 4.69) is 10.4 Å². The largest absolute Gasteiger partial charge is 0.338 e. The molecule has 2 heterocycles. The third-order valence-corrected chi connectivity index (χ3v) is 3.89. The van der Waals surface area contributed by atoms with Gasteiger partial charge in [-0.25, -0.2) is 0 Å². The highest BCUT2D eigenvalue weighted by Gasteiger charge is 2.26. The quantitative estimate of drug-likeness (QED) is 0.903. The highest BCUT2D eigenvalue weighted by atomic mass is 16.2. The first-order chi connectivity index (χ1) is 10.1. The van der Waals surface area contributed by atoms with E-state index in [0.29, 0.717) is 25.1 Å². The molecule has 0 bridgehead atoms. The topological polar surface area (TPSA) is 67.2 Å². The molecule has 1 fully saturated rings. The third kappa shape index (κ3) is 4.06. The van der Waals surface area contributed by atoms with Gasteiger partial charge < -0.3 is 10.2 Å². The minimum Gasteiger partial charge on any atom is -0.338 e. The van der Waals surface area contributed by atoms with Gasteiger partial charge in [0.15, 0.2) is 0 Å². The number of rotatable bonds is 5. The predicted molar refractivity (Wildman–Crippen MR) is 80.8 cm³/mol. The Morgan fingerprint density at radius 2 is 2.14 bits per heavy atom. The molecular formula is C15H24N4O2. The van der Waals surface area contributed by atoms with Gasteiger partial charge in [0.05, 0.1) is 24.5 Å². The molecule has 1 saturated heterocycles. The number of piperidine rings is 1. The van der Waals surface area contributed by atoms with Crippen molar-refractivity contribution in [2.24, 2.45) is 0 Å². The van der Waals surface area contributed by atoms with Crippen LogP contribution in [0.25, 0.3) is 0 Å². The molecule has 116 valence electrons. The van der Waals surface area contributed by atoms with Crippen LogP contribution in [0, 0.1) is 0 Å². The molecule has 0 saturated carbocycles. The van der Waals surface area contributed by atoms with Crippen LogP contribution in [0.15, 0.2) is 12.4 Å². The maximum Gasteiger partial charge on any atom is 0.224 e. The number of anilines is 1. The molecule has 2 amide bonds. The summed E-state index contributed by atoms with van der Waals surface area (Å²) in [6.07, 6.45) is 7.74. The summed E-state index contributed by atoms with van der Waals surface area (Å²) in [5, 5.41) is 7.07. The van der Waals surface area contributed by atoms with Crippen molar-refractivity contribution in [1.82, 2.24) is 14.7 Å². The van der Waals surface area contributed by atoms with Gasteiger partial charge in [-0.05, 0) is 19.3 Å². The van der Waals surface area contributed by atoms with Crippen molar-refractivity contribution in [2.75, 3.05) is 11.9 Å². The fraction of sp³-hybridized carbons (Fsp3) is 0.667. The molecule has 21 heavy (non-hydrogen) atoms. The number of hydrogen-bond donors (Lipinski definition) is 1. The van der Waals surface area contributed by atoms with Crippen LogP contribution in [0.2, 0.25) is 0 Å². The van der Waals surface area contributed by atoms with Crippen molar-refractivity contribution >= 4 is 17.5 Å². The summed E-state index contributed by atoms with van der Waals surface area (Å²) in [4.78, 5) is 25.3. The Morgan fingerprint density at radius 1 is 1.33 bits per heavy atom. The third-order valence-electron chi connectivity index (χ3n) is 3.89. The maximum atomic E-state index is 12.0. The Balaban J connectivity index is 1.99. The summed E-state index contributed by atoms with van der Waals surface area (Å²) in [7, 11) is 0. The van der Waals surface area contributed by atoms with Gasteiger partial charge >= 0.3 is 0 Å². The Kier molecular flexibility index (Phi) is 5.36. The fourth-order valence-electron chi connectivity index (χ4n) is 2.72. The average Bonchev–Trinajstić information content (AvgIpc) is 2.94. The summed E-state index contributed by atoms with van der Waals surface area (Å²) in [5.41, 5.74) is 0.714. The maximum absolute atomic E-state index is 12.0. The molecule has 1 aliphatic heterocycles. The Hall–Kier alpha value is -1.85. The molecule has 0 radical (unpaired) electrons. The van der Waals surface area contributed by atoms with Gasteiger partial charge in [0, 0.05) is 25.6 Å². The summed E-state index contributed by atoms with van der Waals surface area (Å²) >= 11 is 0. The van der Waals surface area contributed by atoms with Crippen LogP contribution < -0.4 is 5.32 Å². The van der Waals surface area contributed by atoms with Gasteiger partial charge in [-0.2, -0.15) is 5.10 Å². The fourth-order valence-corrected chi connectivity index (χ4v) is 2.72. The lowest BCUT2D eigenvalue weighted by Crippen LogP contribution is -2.45. The van der Waals surface area contributed by atoms with Crippen molar-refractivity contribution in [3.63, 3.8) is 0 Å². The van der Waals surface area contributed by atoms with E-state index in [9.17, 15) is 9.59 Å². The minimum absolute atomic E-state index is 0.0185. The highest BCUT2D eigenvalue weighted by Crippen LogP contribution is 2.20. The van der Waals surface area contributed by atoms with Crippen molar-refractivity contribution < 1.29 is 9.59 Å². The lowest BCUT2D eigenvalue weighted by molar-refractivity contribution is -0.134.